The number of methoxy groups -OCH3 is 2. The Morgan fingerprint density at radius 3 is 2.73 bits per heavy atom. The molecule has 0 amide bonds. The molecule has 5 nitrogen and oxygen atoms in total. The van der Waals surface area contributed by atoms with E-state index in [9.17, 15) is 0 Å². The molecule has 0 atom stereocenters. The SMILES string of the molecule is COc1ccc(CNc2nc(Cl)nc3sccc23)cc1OC. The Morgan fingerprint density at radius 2 is 1.95 bits per heavy atom. The van der Waals surface area contributed by atoms with Crippen molar-refractivity contribution in [2.24, 2.45) is 0 Å². The summed E-state index contributed by atoms with van der Waals surface area (Å²) in [7, 11) is 3.24. The lowest BCUT2D eigenvalue weighted by molar-refractivity contribution is 0.354. The lowest BCUT2D eigenvalue weighted by atomic mass is 10.2. The molecule has 114 valence electrons. The second kappa shape index (κ2) is 6.37. The van der Waals surface area contributed by atoms with Crippen LogP contribution < -0.4 is 14.8 Å². The van der Waals surface area contributed by atoms with Crippen molar-refractivity contribution in [2.45, 2.75) is 6.54 Å². The van der Waals surface area contributed by atoms with Crippen LogP contribution in [0.3, 0.4) is 0 Å². The van der Waals surface area contributed by atoms with Gasteiger partial charge in [-0.2, -0.15) is 0 Å². The number of ether oxygens (including phenoxy) is 2. The number of rotatable bonds is 5. The van der Waals surface area contributed by atoms with E-state index in [0.717, 1.165) is 21.6 Å². The molecule has 0 aliphatic carbocycles. The maximum absolute atomic E-state index is 5.96. The largest absolute Gasteiger partial charge is 0.493 e. The fourth-order valence-corrected chi connectivity index (χ4v) is 3.12. The summed E-state index contributed by atoms with van der Waals surface area (Å²) in [5.41, 5.74) is 1.05. The highest BCUT2D eigenvalue weighted by Gasteiger charge is 2.09. The standard InChI is InChI=1S/C15H14ClN3O2S/c1-20-11-4-3-9(7-12(11)21-2)8-17-13-10-5-6-22-14(10)19-15(16)18-13/h3-7H,8H2,1-2H3,(H,17,18,19). The van der Waals surface area contributed by atoms with Gasteiger partial charge < -0.3 is 14.8 Å². The third kappa shape index (κ3) is 2.93. The molecule has 0 fully saturated rings. The van der Waals surface area contributed by atoms with Crippen LogP contribution in [0.15, 0.2) is 29.6 Å². The summed E-state index contributed by atoms with van der Waals surface area (Å²) in [6, 6.07) is 7.76. The molecule has 3 rings (SSSR count). The van der Waals surface area contributed by atoms with Gasteiger partial charge in [0.1, 0.15) is 10.6 Å². The lowest BCUT2D eigenvalue weighted by Gasteiger charge is -2.11. The van der Waals surface area contributed by atoms with Gasteiger partial charge in [-0.05, 0) is 40.7 Å². The van der Waals surface area contributed by atoms with E-state index >= 15 is 0 Å². The maximum atomic E-state index is 5.96. The van der Waals surface area contributed by atoms with E-state index < -0.39 is 0 Å². The van der Waals surface area contributed by atoms with E-state index in [1.807, 2.05) is 29.6 Å². The van der Waals surface area contributed by atoms with Gasteiger partial charge in [0, 0.05) is 6.54 Å². The number of nitrogens with zero attached hydrogens (tertiary/aromatic N) is 2. The second-order valence-electron chi connectivity index (χ2n) is 4.52. The Bertz CT molecular complexity index is 807. The first kappa shape index (κ1) is 14.9. The number of nitrogens with one attached hydrogen (secondary N) is 1. The molecule has 2 heterocycles. The predicted octanol–water partition coefficient (Wildman–Crippen LogP) is 3.97. The average molecular weight is 336 g/mol. The second-order valence-corrected chi connectivity index (χ2v) is 5.76. The van der Waals surface area contributed by atoms with Crippen molar-refractivity contribution < 1.29 is 9.47 Å². The first-order valence-corrected chi connectivity index (χ1v) is 7.82. The molecule has 0 aliphatic heterocycles. The lowest BCUT2D eigenvalue weighted by Crippen LogP contribution is -2.03. The molecule has 2 aromatic heterocycles. The van der Waals surface area contributed by atoms with E-state index in [1.54, 1.807) is 14.2 Å². The van der Waals surface area contributed by atoms with Crippen LogP contribution in [0.25, 0.3) is 10.2 Å². The van der Waals surface area contributed by atoms with E-state index in [0.29, 0.717) is 18.0 Å². The summed E-state index contributed by atoms with van der Waals surface area (Å²) >= 11 is 7.49. The van der Waals surface area contributed by atoms with Gasteiger partial charge in [-0.15, -0.1) is 11.3 Å². The van der Waals surface area contributed by atoms with Crippen molar-refractivity contribution >= 4 is 39.0 Å². The average Bonchev–Trinajstić information content (AvgIpc) is 3.00. The zero-order valence-corrected chi connectivity index (χ0v) is 13.7. The smallest absolute Gasteiger partial charge is 0.225 e. The van der Waals surface area contributed by atoms with Crippen LogP contribution in [0, 0.1) is 0 Å². The Kier molecular flexibility index (Phi) is 4.31. The zero-order chi connectivity index (χ0) is 15.5. The Labute approximate surface area is 136 Å². The molecule has 0 unspecified atom stereocenters. The third-order valence-corrected chi connectivity index (χ3v) is 4.18. The third-order valence-electron chi connectivity index (χ3n) is 3.21. The van der Waals surface area contributed by atoms with Crippen molar-refractivity contribution in [1.29, 1.82) is 0 Å². The van der Waals surface area contributed by atoms with Crippen LogP contribution >= 0.6 is 22.9 Å². The fourth-order valence-electron chi connectivity index (χ4n) is 2.14. The van der Waals surface area contributed by atoms with Gasteiger partial charge in [-0.25, -0.2) is 9.97 Å². The number of benzene rings is 1. The van der Waals surface area contributed by atoms with E-state index in [-0.39, 0.29) is 5.28 Å². The van der Waals surface area contributed by atoms with Crippen LogP contribution in [0.1, 0.15) is 5.56 Å². The highest BCUT2D eigenvalue weighted by molar-refractivity contribution is 7.16. The molecule has 7 heteroatoms. The monoisotopic (exact) mass is 335 g/mol. The highest BCUT2D eigenvalue weighted by atomic mass is 35.5. The minimum Gasteiger partial charge on any atom is -0.493 e. The minimum atomic E-state index is 0.241. The van der Waals surface area contributed by atoms with Crippen LogP contribution in [0.5, 0.6) is 11.5 Å². The van der Waals surface area contributed by atoms with Gasteiger partial charge in [0.2, 0.25) is 5.28 Å². The van der Waals surface area contributed by atoms with Crippen molar-refractivity contribution in [2.75, 3.05) is 19.5 Å². The topological polar surface area (TPSA) is 56.3 Å². The number of halogens is 1. The molecule has 0 bridgehead atoms. The van der Waals surface area contributed by atoms with E-state index in [4.69, 9.17) is 21.1 Å². The molecule has 0 radical (unpaired) electrons. The van der Waals surface area contributed by atoms with Gasteiger partial charge in [0.15, 0.2) is 11.5 Å². The summed E-state index contributed by atoms with van der Waals surface area (Å²) in [5, 5.41) is 6.47. The molecule has 3 aromatic rings. The van der Waals surface area contributed by atoms with Crippen LogP contribution in [0.2, 0.25) is 5.28 Å². The predicted molar refractivity (Wildman–Crippen MR) is 89.3 cm³/mol. The van der Waals surface area contributed by atoms with E-state index in [1.165, 1.54) is 11.3 Å². The highest BCUT2D eigenvalue weighted by Crippen LogP contribution is 2.29. The number of hydrogen-bond acceptors (Lipinski definition) is 6. The van der Waals surface area contributed by atoms with Gasteiger partial charge in [-0.3, -0.25) is 0 Å². The van der Waals surface area contributed by atoms with Gasteiger partial charge in [0.05, 0.1) is 19.6 Å². The summed E-state index contributed by atoms with van der Waals surface area (Å²) in [5.74, 6) is 2.13. The summed E-state index contributed by atoms with van der Waals surface area (Å²) in [6.45, 7) is 0.596. The summed E-state index contributed by atoms with van der Waals surface area (Å²) in [6.07, 6.45) is 0. The first-order valence-electron chi connectivity index (χ1n) is 6.57. The molecule has 1 aromatic carbocycles. The maximum Gasteiger partial charge on any atom is 0.225 e. The molecular formula is C15H14ClN3O2S. The van der Waals surface area contributed by atoms with Crippen LogP contribution in [-0.2, 0) is 6.54 Å². The van der Waals surface area contributed by atoms with Crippen LogP contribution in [0.4, 0.5) is 5.82 Å². The van der Waals surface area contributed by atoms with Crippen molar-refractivity contribution in [3.05, 3.63) is 40.5 Å². The molecule has 1 N–H and O–H groups in total. The van der Waals surface area contributed by atoms with Gasteiger partial charge >= 0.3 is 0 Å². The Balaban J connectivity index is 1.83. The number of hydrogen-bond donors (Lipinski definition) is 1. The van der Waals surface area contributed by atoms with Crippen molar-refractivity contribution in [1.82, 2.24) is 9.97 Å². The molecule has 0 saturated carbocycles. The number of thiophene rings is 1. The Hall–Kier alpha value is -2.05. The molecule has 0 aliphatic rings. The molecular weight excluding hydrogens is 322 g/mol. The summed E-state index contributed by atoms with van der Waals surface area (Å²) < 4.78 is 10.5. The Morgan fingerprint density at radius 1 is 1.14 bits per heavy atom. The number of aromatic nitrogens is 2. The quantitative estimate of drug-likeness (QED) is 0.715. The van der Waals surface area contributed by atoms with Gasteiger partial charge in [-0.1, -0.05) is 6.07 Å². The summed E-state index contributed by atoms with van der Waals surface area (Å²) in [4.78, 5) is 9.33. The molecule has 22 heavy (non-hydrogen) atoms. The van der Waals surface area contributed by atoms with Crippen LogP contribution in [-0.4, -0.2) is 24.2 Å². The van der Waals surface area contributed by atoms with Crippen molar-refractivity contribution in [3.8, 4) is 11.5 Å². The first-order chi connectivity index (χ1) is 10.7. The molecule has 0 spiro atoms. The molecule has 0 saturated heterocycles. The van der Waals surface area contributed by atoms with Gasteiger partial charge in [0.25, 0.3) is 0 Å². The van der Waals surface area contributed by atoms with E-state index in [2.05, 4.69) is 15.3 Å². The number of fused-ring (bicyclic) bond motifs is 1. The normalized spacial score (nSPS) is 10.7. The number of anilines is 1. The minimum absolute atomic E-state index is 0.241. The zero-order valence-electron chi connectivity index (χ0n) is 12.1. The fraction of sp³-hybridized carbons (Fsp3) is 0.200. The van der Waals surface area contributed by atoms with Crippen molar-refractivity contribution in [3.63, 3.8) is 0 Å².